The van der Waals surface area contributed by atoms with Gasteiger partial charge in [-0.3, -0.25) is 0 Å². The van der Waals surface area contributed by atoms with E-state index < -0.39 is 22.7 Å². The van der Waals surface area contributed by atoms with Crippen LogP contribution in [0.2, 0.25) is 0 Å². The molecule has 0 heterocycles. The molecule has 3 N–H and O–H groups in total. The Hall–Kier alpha value is -1.28. The van der Waals surface area contributed by atoms with Crippen molar-refractivity contribution in [2.45, 2.75) is 24.9 Å². The van der Waals surface area contributed by atoms with Crippen LogP contribution in [0.3, 0.4) is 0 Å². The van der Waals surface area contributed by atoms with E-state index in [2.05, 4.69) is 0 Å². The van der Waals surface area contributed by atoms with Crippen LogP contribution in [0.4, 0.5) is 18.9 Å². The second kappa shape index (κ2) is 4.77. The molecule has 102 valence electrons. The average Bonchev–Trinajstić information content (AvgIpc) is 2.11. The Balaban J connectivity index is 3.14. The summed E-state index contributed by atoms with van der Waals surface area (Å²) in [6, 6.07) is 2.80. The van der Waals surface area contributed by atoms with Gasteiger partial charge in [-0.2, -0.15) is 13.2 Å². The Morgan fingerprint density at radius 2 is 1.67 bits per heavy atom. The number of alkyl halides is 3. The number of halogens is 3. The van der Waals surface area contributed by atoms with Gasteiger partial charge in [-0.1, -0.05) is 0 Å². The number of sulfonamides is 1. The van der Waals surface area contributed by atoms with Crippen molar-refractivity contribution in [2.75, 3.05) is 12.3 Å². The fraction of sp³-hybridized carbons (Fsp3) is 0.400. The summed E-state index contributed by atoms with van der Waals surface area (Å²) >= 11 is 0. The molecule has 1 aromatic rings. The Morgan fingerprint density at radius 3 is 2.06 bits per heavy atom. The Kier molecular flexibility index (Phi) is 3.92. The van der Waals surface area contributed by atoms with E-state index in [9.17, 15) is 21.6 Å². The highest BCUT2D eigenvalue weighted by Crippen LogP contribution is 2.23. The van der Waals surface area contributed by atoms with Crippen molar-refractivity contribution < 1.29 is 21.6 Å². The smallest absolute Gasteiger partial charge is 0.399 e. The van der Waals surface area contributed by atoms with Crippen LogP contribution in [-0.4, -0.2) is 21.1 Å². The van der Waals surface area contributed by atoms with Gasteiger partial charge in [0.1, 0.15) is 6.54 Å². The molecule has 0 aliphatic heterocycles. The normalized spacial score (nSPS) is 12.7. The third kappa shape index (κ3) is 3.61. The maximum absolute atomic E-state index is 12.0. The molecule has 0 spiro atoms. The zero-order valence-electron chi connectivity index (χ0n) is 9.80. The molecule has 0 aromatic heterocycles. The molecule has 4 nitrogen and oxygen atoms in total. The van der Waals surface area contributed by atoms with Gasteiger partial charge in [-0.05, 0) is 37.1 Å². The summed E-state index contributed by atoms with van der Waals surface area (Å²) in [5.74, 6) is 0. The SMILES string of the molecule is Cc1cc(N)cc(C)c1S(=O)(=O)NCC(F)(F)F. The van der Waals surface area contributed by atoms with Crippen molar-refractivity contribution in [2.24, 2.45) is 0 Å². The van der Waals surface area contributed by atoms with Gasteiger partial charge in [0, 0.05) is 5.69 Å². The zero-order chi connectivity index (χ0) is 14.1. The molecule has 18 heavy (non-hydrogen) atoms. The van der Waals surface area contributed by atoms with Gasteiger partial charge < -0.3 is 5.73 Å². The highest BCUT2D eigenvalue weighted by atomic mass is 32.2. The van der Waals surface area contributed by atoms with E-state index in [1.54, 1.807) is 0 Å². The van der Waals surface area contributed by atoms with Crippen molar-refractivity contribution in [3.05, 3.63) is 23.3 Å². The lowest BCUT2D eigenvalue weighted by Crippen LogP contribution is -2.34. The highest BCUT2D eigenvalue weighted by Gasteiger charge is 2.31. The van der Waals surface area contributed by atoms with Gasteiger partial charge in [-0.15, -0.1) is 0 Å². The van der Waals surface area contributed by atoms with Crippen molar-refractivity contribution >= 4 is 15.7 Å². The van der Waals surface area contributed by atoms with Gasteiger partial charge >= 0.3 is 6.18 Å². The fourth-order valence-corrected chi connectivity index (χ4v) is 3.12. The average molecular weight is 282 g/mol. The van der Waals surface area contributed by atoms with Crippen LogP contribution in [0.5, 0.6) is 0 Å². The predicted octanol–water partition coefficient (Wildman–Crippen LogP) is 1.73. The van der Waals surface area contributed by atoms with Crippen molar-refractivity contribution in [1.82, 2.24) is 4.72 Å². The van der Waals surface area contributed by atoms with Gasteiger partial charge in [0.2, 0.25) is 10.0 Å². The van der Waals surface area contributed by atoms with Crippen LogP contribution in [0, 0.1) is 13.8 Å². The number of anilines is 1. The molecule has 0 aliphatic carbocycles. The van der Waals surface area contributed by atoms with E-state index in [0.717, 1.165) is 0 Å². The number of benzene rings is 1. The molecule has 0 saturated carbocycles. The molecule has 0 bridgehead atoms. The standard InChI is InChI=1S/C10H13F3N2O2S/c1-6-3-8(14)4-7(2)9(6)18(16,17)15-5-10(11,12)13/h3-4,15H,5,14H2,1-2H3. The minimum atomic E-state index is -4.59. The zero-order valence-corrected chi connectivity index (χ0v) is 10.6. The van der Waals surface area contributed by atoms with Crippen LogP contribution < -0.4 is 10.5 Å². The van der Waals surface area contributed by atoms with E-state index in [1.807, 2.05) is 0 Å². The quantitative estimate of drug-likeness (QED) is 0.829. The van der Waals surface area contributed by atoms with Crippen LogP contribution in [0.1, 0.15) is 11.1 Å². The molecule has 0 unspecified atom stereocenters. The van der Waals surface area contributed by atoms with Crippen LogP contribution in [0.25, 0.3) is 0 Å². The Bertz CT molecular complexity index is 530. The number of nitrogens with two attached hydrogens (primary N) is 1. The second-order valence-corrected chi connectivity index (χ2v) is 5.63. The van der Waals surface area contributed by atoms with Crippen molar-refractivity contribution in [3.8, 4) is 0 Å². The molecule has 0 saturated heterocycles. The molecule has 1 aromatic carbocycles. The van der Waals surface area contributed by atoms with E-state index in [1.165, 1.54) is 30.7 Å². The summed E-state index contributed by atoms with van der Waals surface area (Å²) in [6.45, 7) is 1.36. The van der Waals surface area contributed by atoms with E-state index >= 15 is 0 Å². The van der Waals surface area contributed by atoms with Gasteiger partial charge in [-0.25, -0.2) is 13.1 Å². The first-order chi connectivity index (χ1) is 8.03. The molecular weight excluding hydrogens is 269 g/mol. The molecule has 8 heteroatoms. The monoisotopic (exact) mass is 282 g/mol. The van der Waals surface area contributed by atoms with Crippen LogP contribution in [0.15, 0.2) is 17.0 Å². The lowest BCUT2D eigenvalue weighted by molar-refractivity contribution is -0.121. The number of nitrogen functional groups attached to an aromatic ring is 1. The van der Waals surface area contributed by atoms with E-state index in [0.29, 0.717) is 16.8 Å². The summed E-state index contributed by atoms with van der Waals surface area (Å²) in [6.07, 6.45) is -4.59. The van der Waals surface area contributed by atoms with E-state index in [-0.39, 0.29) is 4.90 Å². The fourth-order valence-electron chi connectivity index (χ4n) is 1.66. The minimum Gasteiger partial charge on any atom is -0.399 e. The largest absolute Gasteiger partial charge is 0.402 e. The van der Waals surface area contributed by atoms with Crippen LogP contribution >= 0.6 is 0 Å². The molecular formula is C10H13F3N2O2S. The molecule has 0 atom stereocenters. The maximum Gasteiger partial charge on any atom is 0.402 e. The molecule has 0 radical (unpaired) electrons. The van der Waals surface area contributed by atoms with Gasteiger partial charge in [0.25, 0.3) is 0 Å². The minimum absolute atomic E-state index is 0.166. The summed E-state index contributed by atoms with van der Waals surface area (Å²) < 4.78 is 61.1. The molecule has 0 fully saturated rings. The number of aryl methyl sites for hydroxylation is 2. The number of hydrogen-bond donors (Lipinski definition) is 2. The van der Waals surface area contributed by atoms with Crippen molar-refractivity contribution in [1.29, 1.82) is 0 Å². The lowest BCUT2D eigenvalue weighted by atomic mass is 10.1. The summed E-state index contributed by atoms with van der Waals surface area (Å²) in [4.78, 5) is -0.166. The first-order valence-electron chi connectivity index (χ1n) is 4.96. The van der Waals surface area contributed by atoms with Gasteiger partial charge in [0.15, 0.2) is 0 Å². The second-order valence-electron chi connectivity index (χ2n) is 3.92. The first kappa shape index (κ1) is 14.8. The molecule has 0 amide bonds. The lowest BCUT2D eigenvalue weighted by Gasteiger charge is -2.14. The first-order valence-corrected chi connectivity index (χ1v) is 6.44. The number of nitrogens with one attached hydrogen (secondary N) is 1. The predicted molar refractivity (Wildman–Crippen MR) is 61.6 cm³/mol. The summed E-state index contributed by atoms with van der Waals surface area (Å²) in [5, 5.41) is 0. The van der Waals surface area contributed by atoms with Crippen LogP contribution in [-0.2, 0) is 10.0 Å². The summed E-state index contributed by atoms with van der Waals surface area (Å²) in [7, 11) is -4.20. The van der Waals surface area contributed by atoms with Gasteiger partial charge in [0.05, 0.1) is 4.90 Å². The molecule has 1 rings (SSSR count). The number of hydrogen-bond acceptors (Lipinski definition) is 3. The third-order valence-electron chi connectivity index (χ3n) is 2.21. The summed E-state index contributed by atoms with van der Waals surface area (Å²) in [5.41, 5.74) is 6.50. The Labute approximate surface area is 103 Å². The molecule has 0 aliphatic rings. The highest BCUT2D eigenvalue weighted by molar-refractivity contribution is 7.89. The number of rotatable bonds is 3. The maximum atomic E-state index is 12.0. The topological polar surface area (TPSA) is 72.2 Å². The third-order valence-corrected chi connectivity index (χ3v) is 3.92. The van der Waals surface area contributed by atoms with Crippen molar-refractivity contribution in [3.63, 3.8) is 0 Å². The van der Waals surface area contributed by atoms with E-state index in [4.69, 9.17) is 5.73 Å². The Morgan fingerprint density at radius 1 is 1.22 bits per heavy atom.